The predicted molar refractivity (Wildman–Crippen MR) is 63.9 cm³/mol. The summed E-state index contributed by atoms with van der Waals surface area (Å²) in [4.78, 5) is 5.03. The van der Waals surface area contributed by atoms with E-state index in [0.29, 0.717) is 5.54 Å². The first-order valence-electron chi connectivity index (χ1n) is 6.29. The van der Waals surface area contributed by atoms with Crippen molar-refractivity contribution in [3.05, 3.63) is 0 Å². The molecule has 1 saturated heterocycles. The van der Waals surface area contributed by atoms with Gasteiger partial charge < -0.3 is 10.6 Å². The first-order chi connectivity index (χ1) is 7.18. The third kappa shape index (κ3) is 2.05. The molecule has 2 fully saturated rings. The van der Waals surface area contributed by atoms with E-state index in [-0.39, 0.29) is 0 Å². The Morgan fingerprint density at radius 3 is 2.53 bits per heavy atom. The largest absolute Gasteiger partial charge is 0.329 e. The number of likely N-dealkylation sites (N-methyl/N-ethyl adjacent to an activating group) is 1. The number of rotatable bonds is 4. The topological polar surface area (TPSA) is 32.5 Å². The molecule has 3 nitrogen and oxygen atoms in total. The third-order valence-corrected chi connectivity index (χ3v) is 4.23. The fourth-order valence-corrected chi connectivity index (χ4v) is 3.26. The van der Waals surface area contributed by atoms with Gasteiger partial charge in [-0.2, -0.15) is 0 Å². The lowest BCUT2D eigenvalue weighted by Crippen LogP contribution is -2.61. The molecular formula is C12H25N3. The zero-order chi connectivity index (χ0) is 10.9. The minimum Gasteiger partial charge on any atom is -0.329 e. The summed E-state index contributed by atoms with van der Waals surface area (Å²) < 4.78 is 0. The van der Waals surface area contributed by atoms with Crippen molar-refractivity contribution < 1.29 is 0 Å². The Morgan fingerprint density at radius 1 is 1.33 bits per heavy atom. The average Bonchev–Trinajstić information content (AvgIpc) is 2.52. The number of hydrogen-bond acceptors (Lipinski definition) is 3. The summed E-state index contributed by atoms with van der Waals surface area (Å²) in [6.07, 6.45) is 6.75. The summed E-state index contributed by atoms with van der Waals surface area (Å²) in [5.41, 5.74) is 6.37. The van der Waals surface area contributed by atoms with E-state index in [4.69, 9.17) is 5.73 Å². The van der Waals surface area contributed by atoms with Gasteiger partial charge in [0, 0.05) is 24.7 Å². The average molecular weight is 211 g/mol. The van der Waals surface area contributed by atoms with Crippen LogP contribution in [0, 0.1) is 0 Å². The van der Waals surface area contributed by atoms with E-state index in [9.17, 15) is 0 Å². The molecule has 1 heterocycles. The molecule has 1 unspecified atom stereocenters. The number of hydrogen-bond donors (Lipinski definition) is 1. The first kappa shape index (κ1) is 11.4. The van der Waals surface area contributed by atoms with Crippen LogP contribution in [0.1, 0.15) is 32.1 Å². The van der Waals surface area contributed by atoms with E-state index in [1.807, 2.05) is 0 Å². The minimum atomic E-state index is 0.386. The molecule has 88 valence electrons. The van der Waals surface area contributed by atoms with Crippen molar-refractivity contribution >= 4 is 0 Å². The highest BCUT2D eigenvalue weighted by Crippen LogP contribution is 2.41. The smallest absolute Gasteiger partial charge is 0.0335 e. The van der Waals surface area contributed by atoms with Gasteiger partial charge in [-0.25, -0.2) is 0 Å². The predicted octanol–water partition coefficient (Wildman–Crippen LogP) is 0.894. The van der Waals surface area contributed by atoms with Gasteiger partial charge in [0.15, 0.2) is 0 Å². The second-order valence-electron chi connectivity index (χ2n) is 5.53. The molecule has 15 heavy (non-hydrogen) atoms. The number of likely N-dealkylation sites (tertiary alicyclic amines) is 1. The summed E-state index contributed by atoms with van der Waals surface area (Å²) in [6, 6.07) is 0.754. The number of nitrogens with zero attached hydrogens (tertiary/aromatic N) is 2. The van der Waals surface area contributed by atoms with E-state index in [0.717, 1.165) is 12.6 Å². The SMILES string of the molecule is CN(C)CC1CCCN1C1(CN)CCC1. The van der Waals surface area contributed by atoms with Crippen LogP contribution in [-0.2, 0) is 0 Å². The highest BCUT2D eigenvalue weighted by Gasteiger charge is 2.45. The molecule has 0 aromatic carbocycles. The fraction of sp³-hybridized carbons (Fsp3) is 1.00. The summed E-state index contributed by atoms with van der Waals surface area (Å²) in [5, 5.41) is 0. The van der Waals surface area contributed by atoms with Gasteiger partial charge in [0.2, 0.25) is 0 Å². The van der Waals surface area contributed by atoms with Gasteiger partial charge in [0.05, 0.1) is 0 Å². The van der Waals surface area contributed by atoms with Gasteiger partial charge in [-0.3, -0.25) is 4.90 Å². The summed E-state index contributed by atoms with van der Waals surface area (Å²) in [5.74, 6) is 0. The molecule has 1 aliphatic heterocycles. The van der Waals surface area contributed by atoms with Crippen LogP contribution in [-0.4, -0.2) is 55.1 Å². The molecule has 0 radical (unpaired) electrons. The van der Waals surface area contributed by atoms with Crippen LogP contribution >= 0.6 is 0 Å². The zero-order valence-corrected chi connectivity index (χ0v) is 10.2. The Kier molecular flexibility index (Phi) is 3.33. The molecule has 2 rings (SSSR count). The third-order valence-electron chi connectivity index (χ3n) is 4.23. The Morgan fingerprint density at radius 2 is 2.07 bits per heavy atom. The van der Waals surface area contributed by atoms with Crippen molar-refractivity contribution in [2.24, 2.45) is 5.73 Å². The van der Waals surface area contributed by atoms with E-state index in [2.05, 4.69) is 23.9 Å². The first-order valence-corrected chi connectivity index (χ1v) is 6.29. The quantitative estimate of drug-likeness (QED) is 0.750. The molecule has 1 aliphatic carbocycles. The van der Waals surface area contributed by atoms with Crippen LogP contribution in [0.15, 0.2) is 0 Å². The molecular weight excluding hydrogens is 186 g/mol. The molecule has 0 bridgehead atoms. The van der Waals surface area contributed by atoms with Gasteiger partial charge in [-0.05, 0) is 52.7 Å². The van der Waals surface area contributed by atoms with Gasteiger partial charge in [0.25, 0.3) is 0 Å². The molecule has 0 spiro atoms. The monoisotopic (exact) mass is 211 g/mol. The van der Waals surface area contributed by atoms with Crippen molar-refractivity contribution in [2.75, 3.05) is 33.7 Å². The molecule has 1 atom stereocenters. The molecule has 0 aromatic rings. The van der Waals surface area contributed by atoms with Crippen LogP contribution in [0.5, 0.6) is 0 Å². The van der Waals surface area contributed by atoms with Crippen LogP contribution in [0.2, 0.25) is 0 Å². The zero-order valence-electron chi connectivity index (χ0n) is 10.2. The van der Waals surface area contributed by atoms with Crippen molar-refractivity contribution in [3.8, 4) is 0 Å². The van der Waals surface area contributed by atoms with Crippen LogP contribution < -0.4 is 5.73 Å². The van der Waals surface area contributed by atoms with Gasteiger partial charge in [-0.1, -0.05) is 0 Å². The fourth-order valence-electron chi connectivity index (χ4n) is 3.26. The van der Waals surface area contributed by atoms with Crippen molar-refractivity contribution in [3.63, 3.8) is 0 Å². The Labute approximate surface area is 93.6 Å². The number of nitrogens with two attached hydrogens (primary N) is 1. The van der Waals surface area contributed by atoms with E-state index >= 15 is 0 Å². The molecule has 1 saturated carbocycles. The van der Waals surface area contributed by atoms with E-state index < -0.39 is 0 Å². The van der Waals surface area contributed by atoms with Crippen LogP contribution in [0.25, 0.3) is 0 Å². The second-order valence-corrected chi connectivity index (χ2v) is 5.53. The highest BCUT2D eigenvalue weighted by molar-refractivity contribution is 5.03. The maximum atomic E-state index is 5.99. The summed E-state index contributed by atoms with van der Waals surface area (Å²) >= 11 is 0. The standard InChI is InChI=1S/C12H25N3/c1-14(2)9-11-5-3-8-15(11)12(10-13)6-4-7-12/h11H,3-10,13H2,1-2H3. The lowest BCUT2D eigenvalue weighted by molar-refractivity contribution is 0.00639. The molecule has 0 aromatic heterocycles. The summed E-state index contributed by atoms with van der Waals surface area (Å²) in [7, 11) is 4.35. The Bertz CT molecular complexity index is 205. The van der Waals surface area contributed by atoms with Gasteiger partial charge >= 0.3 is 0 Å². The molecule has 2 aliphatic rings. The van der Waals surface area contributed by atoms with Crippen LogP contribution in [0.3, 0.4) is 0 Å². The van der Waals surface area contributed by atoms with E-state index in [1.165, 1.54) is 45.2 Å². The van der Waals surface area contributed by atoms with Gasteiger partial charge in [-0.15, -0.1) is 0 Å². The lowest BCUT2D eigenvalue weighted by atomic mass is 9.75. The van der Waals surface area contributed by atoms with Gasteiger partial charge in [0.1, 0.15) is 0 Å². The maximum absolute atomic E-state index is 5.99. The van der Waals surface area contributed by atoms with Crippen LogP contribution in [0.4, 0.5) is 0 Å². The normalized spacial score (nSPS) is 30.8. The van der Waals surface area contributed by atoms with Crippen molar-refractivity contribution in [2.45, 2.75) is 43.7 Å². The highest BCUT2D eigenvalue weighted by atomic mass is 15.3. The Hall–Kier alpha value is -0.120. The molecule has 3 heteroatoms. The second kappa shape index (κ2) is 4.40. The lowest BCUT2D eigenvalue weighted by Gasteiger charge is -2.51. The molecule has 0 amide bonds. The van der Waals surface area contributed by atoms with Crippen molar-refractivity contribution in [1.82, 2.24) is 9.80 Å². The molecule has 2 N–H and O–H groups in total. The van der Waals surface area contributed by atoms with Crippen molar-refractivity contribution in [1.29, 1.82) is 0 Å². The van der Waals surface area contributed by atoms with E-state index in [1.54, 1.807) is 0 Å². The maximum Gasteiger partial charge on any atom is 0.0335 e. The minimum absolute atomic E-state index is 0.386. The summed E-state index contributed by atoms with van der Waals surface area (Å²) in [6.45, 7) is 3.33. The Balaban J connectivity index is 2.00.